The van der Waals surface area contributed by atoms with Gasteiger partial charge in [-0.25, -0.2) is 9.97 Å². The van der Waals surface area contributed by atoms with E-state index in [1.807, 2.05) is 18.5 Å². The van der Waals surface area contributed by atoms with Gasteiger partial charge < -0.3 is 10.2 Å². The summed E-state index contributed by atoms with van der Waals surface area (Å²) in [6.45, 7) is 3.35. The average molecular weight is 204 g/mol. The number of hydrogen-bond acceptors (Lipinski definition) is 4. The molecule has 2 atom stereocenters. The molecule has 0 radical (unpaired) electrons. The van der Waals surface area contributed by atoms with Gasteiger partial charge in [-0.1, -0.05) is 0 Å². The predicted molar refractivity (Wildman–Crippen MR) is 58.8 cm³/mol. The van der Waals surface area contributed by atoms with E-state index in [0.29, 0.717) is 6.04 Å². The molecule has 0 bridgehead atoms. The minimum atomic E-state index is 0.655. The maximum Gasteiger partial charge on any atom is 0.225 e. The summed E-state index contributed by atoms with van der Waals surface area (Å²) in [6, 6.07) is 2.52. The van der Waals surface area contributed by atoms with Crippen LogP contribution >= 0.6 is 0 Å². The van der Waals surface area contributed by atoms with Gasteiger partial charge in [0.2, 0.25) is 5.95 Å². The molecule has 2 saturated heterocycles. The Morgan fingerprint density at radius 2 is 2.13 bits per heavy atom. The molecule has 2 aliphatic heterocycles. The van der Waals surface area contributed by atoms with E-state index >= 15 is 0 Å². The highest BCUT2D eigenvalue weighted by Gasteiger charge is 2.34. The van der Waals surface area contributed by atoms with Gasteiger partial charge in [-0.15, -0.1) is 0 Å². The quantitative estimate of drug-likeness (QED) is 0.730. The Kier molecular flexibility index (Phi) is 2.29. The smallest absolute Gasteiger partial charge is 0.225 e. The molecule has 0 saturated carbocycles. The number of nitrogens with zero attached hydrogens (tertiary/aromatic N) is 3. The van der Waals surface area contributed by atoms with Gasteiger partial charge in [0.25, 0.3) is 0 Å². The molecule has 3 rings (SSSR count). The van der Waals surface area contributed by atoms with Crippen molar-refractivity contribution in [1.29, 1.82) is 0 Å². The topological polar surface area (TPSA) is 41.1 Å². The van der Waals surface area contributed by atoms with Crippen molar-refractivity contribution in [3.05, 3.63) is 18.5 Å². The first-order valence-electron chi connectivity index (χ1n) is 5.69. The summed E-state index contributed by atoms with van der Waals surface area (Å²) in [5.41, 5.74) is 0. The third-order valence-corrected chi connectivity index (χ3v) is 3.43. The third kappa shape index (κ3) is 1.69. The van der Waals surface area contributed by atoms with E-state index in [9.17, 15) is 0 Å². The predicted octanol–water partition coefficient (Wildman–Crippen LogP) is 0.665. The molecule has 4 nitrogen and oxygen atoms in total. The number of hydrogen-bond donors (Lipinski definition) is 1. The average Bonchev–Trinajstić information content (AvgIpc) is 2.74. The molecule has 0 spiro atoms. The van der Waals surface area contributed by atoms with Crippen molar-refractivity contribution < 1.29 is 0 Å². The highest BCUT2D eigenvalue weighted by Crippen LogP contribution is 2.26. The first-order chi connectivity index (χ1) is 7.43. The molecule has 1 N–H and O–H groups in total. The van der Waals surface area contributed by atoms with Gasteiger partial charge >= 0.3 is 0 Å². The van der Waals surface area contributed by atoms with Gasteiger partial charge in [0.05, 0.1) is 0 Å². The van der Waals surface area contributed by atoms with Crippen molar-refractivity contribution in [2.75, 3.05) is 24.5 Å². The van der Waals surface area contributed by atoms with Gasteiger partial charge in [-0.3, -0.25) is 0 Å². The molecule has 15 heavy (non-hydrogen) atoms. The van der Waals surface area contributed by atoms with Crippen LogP contribution in [0.25, 0.3) is 0 Å². The number of nitrogens with one attached hydrogen (secondary N) is 1. The molecule has 2 aliphatic rings. The lowest BCUT2D eigenvalue weighted by Gasteiger charge is -2.24. The summed E-state index contributed by atoms with van der Waals surface area (Å²) in [7, 11) is 0. The summed E-state index contributed by atoms with van der Waals surface area (Å²) in [5, 5.41) is 3.58. The van der Waals surface area contributed by atoms with Crippen LogP contribution in [0.4, 0.5) is 5.95 Å². The van der Waals surface area contributed by atoms with E-state index in [1.54, 1.807) is 0 Å². The maximum absolute atomic E-state index is 4.31. The molecule has 0 aromatic carbocycles. The largest absolute Gasteiger partial charge is 0.339 e. The zero-order valence-corrected chi connectivity index (χ0v) is 8.76. The lowest BCUT2D eigenvalue weighted by Crippen LogP contribution is -2.40. The normalized spacial score (nSPS) is 30.3. The van der Waals surface area contributed by atoms with Crippen LogP contribution in [-0.2, 0) is 0 Å². The Balaban J connectivity index is 1.75. The lowest BCUT2D eigenvalue weighted by atomic mass is 9.94. The molecule has 1 aromatic rings. The Labute approximate surface area is 89.7 Å². The Hall–Kier alpha value is -1.16. The minimum absolute atomic E-state index is 0.655. The number of fused-ring (bicyclic) bond motifs is 1. The van der Waals surface area contributed by atoms with Crippen molar-refractivity contribution in [2.45, 2.75) is 18.9 Å². The van der Waals surface area contributed by atoms with Crippen molar-refractivity contribution >= 4 is 5.95 Å². The van der Waals surface area contributed by atoms with E-state index in [-0.39, 0.29) is 0 Å². The van der Waals surface area contributed by atoms with Gasteiger partial charge in [-0.05, 0) is 31.4 Å². The van der Waals surface area contributed by atoms with Crippen molar-refractivity contribution in [2.24, 2.45) is 5.92 Å². The molecule has 0 aliphatic carbocycles. The summed E-state index contributed by atoms with van der Waals surface area (Å²) >= 11 is 0. The molecule has 2 fully saturated rings. The highest BCUT2D eigenvalue weighted by atomic mass is 15.3. The highest BCUT2D eigenvalue weighted by molar-refractivity contribution is 5.32. The number of piperidine rings is 1. The van der Waals surface area contributed by atoms with Crippen LogP contribution in [0.2, 0.25) is 0 Å². The molecule has 0 amide bonds. The Morgan fingerprint density at radius 1 is 1.27 bits per heavy atom. The standard InChI is InChI=1S/C11H16N4/c1-3-9-7-15(8-10(9)12-4-1)11-13-5-2-6-14-11/h2,5-6,9-10,12H,1,3-4,7-8H2/t9-,10+/m0/s1. The van der Waals surface area contributed by atoms with Crippen LogP contribution in [0, 0.1) is 5.92 Å². The van der Waals surface area contributed by atoms with Crippen molar-refractivity contribution in [1.82, 2.24) is 15.3 Å². The monoisotopic (exact) mass is 204 g/mol. The zero-order valence-electron chi connectivity index (χ0n) is 8.76. The van der Waals surface area contributed by atoms with Crippen molar-refractivity contribution in [3.8, 4) is 0 Å². The lowest BCUT2D eigenvalue weighted by molar-refractivity contribution is 0.340. The molecule has 80 valence electrons. The fraction of sp³-hybridized carbons (Fsp3) is 0.636. The Morgan fingerprint density at radius 3 is 2.93 bits per heavy atom. The van der Waals surface area contributed by atoms with Crippen molar-refractivity contribution in [3.63, 3.8) is 0 Å². The molecule has 0 unspecified atom stereocenters. The number of rotatable bonds is 1. The maximum atomic E-state index is 4.31. The number of aromatic nitrogens is 2. The van der Waals surface area contributed by atoms with Gasteiger partial charge in [0, 0.05) is 31.5 Å². The third-order valence-electron chi connectivity index (χ3n) is 3.43. The van der Waals surface area contributed by atoms with Gasteiger partial charge in [0.1, 0.15) is 0 Å². The summed E-state index contributed by atoms with van der Waals surface area (Å²) < 4.78 is 0. The van der Waals surface area contributed by atoms with E-state index in [2.05, 4.69) is 20.2 Å². The summed E-state index contributed by atoms with van der Waals surface area (Å²) in [6.07, 6.45) is 6.29. The summed E-state index contributed by atoms with van der Waals surface area (Å²) in [4.78, 5) is 10.9. The van der Waals surface area contributed by atoms with Crippen LogP contribution in [0.1, 0.15) is 12.8 Å². The SMILES string of the molecule is c1cnc(N2C[C@@H]3CCCN[C@@H]3C2)nc1. The Bertz CT molecular complexity index is 313. The van der Waals surface area contributed by atoms with E-state index < -0.39 is 0 Å². The van der Waals surface area contributed by atoms with E-state index in [0.717, 1.165) is 25.0 Å². The van der Waals surface area contributed by atoms with E-state index in [1.165, 1.54) is 19.4 Å². The molecular formula is C11H16N4. The molecular weight excluding hydrogens is 188 g/mol. The fourth-order valence-electron chi connectivity index (χ4n) is 2.66. The van der Waals surface area contributed by atoms with Crippen LogP contribution in [-0.4, -0.2) is 35.6 Å². The second kappa shape index (κ2) is 3.77. The van der Waals surface area contributed by atoms with E-state index in [4.69, 9.17) is 0 Å². The van der Waals surface area contributed by atoms with Crippen LogP contribution in [0.15, 0.2) is 18.5 Å². The second-order valence-corrected chi connectivity index (χ2v) is 4.42. The molecule has 1 aromatic heterocycles. The zero-order chi connectivity index (χ0) is 10.1. The first kappa shape index (κ1) is 9.09. The summed E-state index contributed by atoms with van der Waals surface area (Å²) in [5.74, 6) is 1.68. The van der Waals surface area contributed by atoms with Crippen LogP contribution in [0.3, 0.4) is 0 Å². The van der Waals surface area contributed by atoms with Crippen LogP contribution < -0.4 is 10.2 Å². The number of anilines is 1. The molecule has 4 heteroatoms. The minimum Gasteiger partial charge on any atom is -0.339 e. The first-order valence-corrected chi connectivity index (χ1v) is 5.69. The van der Waals surface area contributed by atoms with Crippen LogP contribution in [0.5, 0.6) is 0 Å². The van der Waals surface area contributed by atoms with Gasteiger partial charge in [0.15, 0.2) is 0 Å². The fourth-order valence-corrected chi connectivity index (χ4v) is 2.66. The second-order valence-electron chi connectivity index (χ2n) is 4.42. The van der Waals surface area contributed by atoms with Gasteiger partial charge in [-0.2, -0.15) is 0 Å². The molecule has 3 heterocycles.